The molecule has 0 atom stereocenters. The molecule has 1 aliphatic heterocycles. The van der Waals surface area contributed by atoms with Crippen LogP contribution in [0.25, 0.3) is 11.0 Å². The molecule has 0 saturated heterocycles. The Balaban J connectivity index is 1.54. The Hall–Kier alpha value is -2.02. The fraction of sp³-hybridized carbons (Fsp3) is 0.167. The Morgan fingerprint density at radius 2 is 2.12 bits per heavy atom. The van der Waals surface area contributed by atoms with Crippen LogP contribution in [0.1, 0.15) is 21.7 Å². The van der Waals surface area contributed by atoms with E-state index >= 15 is 0 Å². The summed E-state index contributed by atoms with van der Waals surface area (Å²) in [5, 5.41) is 4.25. The summed E-state index contributed by atoms with van der Waals surface area (Å²) in [7, 11) is 0. The average Bonchev–Trinajstić information content (AvgIpc) is 3.02. The van der Waals surface area contributed by atoms with Gasteiger partial charge in [0, 0.05) is 32.6 Å². The Morgan fingerprint density at radius 3 is 3.00 bits per heavy atom. The van der Waals surface area contributed by atoms with Crippen LogP contribution in [0.5, 0.6) is 5.75 Å². The quantitative estimate of drug-likeness (QED) is 0.668. The molecular weight excluding hydrogens is 410 g/mol. The van der Waals surface area contributed by atoms with Crippen LogP contribution in [-0.4, -0.2) is 12.7 Å². The second-order valence-electron chi connectivity index (χ2n) is 5.64. The molecule has 5 nitrogen and oxygen atoms in total. The average molecular weight is 423 g/mol. The maximum absolute atomic E-state index is 12.4. The molecule has 0 bridgehead atoms. The number of rotatable bonds is 3. The largest absolute Gasteiger partial charge is 0.467 e. The lowest BCUT2D eigenvalue weighted by molar-refractivity contribution is -0.0171. The van der Waals surface area contributed by atoms with E-state index in [1.807, 2.05) is 12.1 Å². The summed E-state index contributed by atoms with van der Waals surface area (Å²) in [6, 6.07) is 10.8. The zero-order chi connectivity index (χ0) is 17.4. The van der Waals surface area contributed by atoms with Crippen LogP contribution in [0.3, 0.4) is 0 Å². The minimum Gasteiger partial charge on any atom is -0.467 e. The monoisotopic (exact) mass is 421 g/mol. The van der Waals surface area contributed by atoms with Gasteiger partial charge < -0.3 is 19.2 Å². The van der Waals surface area contributed by atoms with E-state index in [2.05, 4.69) is 21.2 Å². The number of halogens is 2. The minimum absolute atomic E-state index is 0.208. The van der Waals surface area contributed by atoms with Crippen molar-refractivity contribution < 1.29 is 18.7 Å². The van der Waals surface area contributed by atoms with Gasteiger partial charge in [-0.1, -0.05) is 27.5 Å². The van der Waals surface area contributed by atoms with Gasteiger partial charge in [-0.2, -0.15) is 0 Å². The van der Waals surface area contributed by atoms with E-state index in [0.717, 1.165) is 26.7 Å². The van der Waals surface area contributed by atoms with Crippen LogP contribution in [0, 0.1) is 0 Å². The van der Waals surface area contributed by atoms with Crippen LogP contribution >= 0.6 is 27.5 Å². The molecule has 3 aromatic rings. The molecule has 0 spiro atoms. The molecule has 1 aliphatic rings. The van der Waals surface area contributed by atoms with Crippen LogP contribution < -0.4 is 10.1 Å². The topological polar surface area (TPSA) is 60.7 Å². The van der Waals surface area contributed by atoms with Gasteiger partial charge in [-0.3, -0.25) is 4.79 Å². The molecule has 1 N–H and O–H groups in total. The number of hydrogen-bond acceptors (Lipinski definition) is 4. The molecular formula is C18H13BrClNO4. The molecule has 128 valence electrons. The number of nitrogens with one attached hydrogen (secondary N) is 1. The number of amides is 1. The molecule has 1 amide bonds. The third-order valence-corrected chi connectivity index (χ3v) is 4.59. The first kappa shape index (κ1) is 16.4. The van der Waals surface area contributed by atoms with Crippen molar-refractivity contribution in [3.63, 3.8) is 0 Å². The highest BCUT2D eigenvalue weighted by Gasteiger charge is 2.18. The molecule has 0 saturated carbocycles. The predicted octanol–water partition coefficient (Wildman–Crippen LogP) is 4.65. The lowest BCUT2D eigenvalue weighted by Gasteiger charge is -2.21. The lowest BCUT2D eigenvalue weighted by Crippen LogP contribution is -2.23. The van der Waals surface area contributed by atoms with Crippen molar-refractivity contribution in [2.24, 2.45) is 0 Å². The number of fused-ring (bicyclic) bond motifs is 2. The van der Waals surface area contributed by atoms with Gasteiger partial charge in [-0.25, -0.2) is 0 Å². The van der Waals surface area contributed by atoms with Gasteiger partial charge in [0.2, 0.25) is 0 Å². The van der Waals surface area contributed by atoms with Gasteiger partial charge in [-0.15, -0.1) is 0 Å². The van der Waals surface area contributed by atoms with Crippen molar-refractivity contribution in [1.82, 2.24) is 5.32 Å². The summed E-state index contributed by atoms with van der Waals surface area (Å²) in [6.07, 6.45) is 0. The molecule has 0 radical (unpaired) electrons. The Bertz CT molecular complexity index is 969. The number of hydrogen-bond donors (Lipinski definition) is 1. The summed E-state index contributed by atoms with van der Waals surface area (Å²) in [6.45, 7) is 1.01. The van der Waals surface area contributed by atoms with Crippen molar-refractivity contribution in [2.45, 2.75) is 13.2 Å². The standard InChI is InChI=1S/C18H13BrClNO4/c19-13-3-11(17-12(4-13)8-23-9-24-17)7-21-18(22)16-6-10-5-14(20)1-2-15(10)25-16/h1-6H,7-9H2,(H,21,22). The number of furan rings is 1. The van der Waals surface area contributed by atoms with E-state index in [9.17, 15) is 4.79 Å². The third-order valence-electron chi connectivity index (χ3n) is 3.89. The predicted molar refractivity (Wildman–Crippen MR) is 96.8 cm³/mol. The number of carbonyl (C=O) groups excluding carboxylic acids is 1. The van der Waals surface area contributed by atoms with Crippen LogP contribution in [0.2, 0.25) is 5.02 Å². The number of benzene rings is 2. The number of ether oxygens (including phenoxy) is 2. The molecule has 2 aromatic carbocycles. The van der Waals surface area contributed by atoms with Crippen LogP contribution in [0.4, 0.5) is 0 Å². The van der Waals surface area contributed by atoms with E-state index in [4.69, 9.17) is 25.5 Å². The summed E-state index contributed by atoms with van der Waals surface area (Å²) >= 11 is 9.43. The Morgan fingerprint density at radius 1 is 1.24 bits per heavy atom. The summed E-state index contributed by atoms with van der Waals surface area (Å²) in [5.41, 5.74) is 2.44. The van der Waals surface area contributed by atoms with E-state index in [0.29, 0.717) is 23.8 Å². The van der Waals surface area contributed by atoms with Crippen molar-refractivity contribution in [1.29, 1.82) is 0 Å². The number of carbonyl (C=O) groups is 1. The maximum Gasteiger partial charge on any atom is 0.287 e. The van der Waals surface area contributed by atoms with Gasteiger partial charge in [0.05, 0.1) is 6.61 Å². The fourth-order valence-electron chi connectivity index (χ4n) is 2.78. The SMILES string of the molecule is O=C(NCc1cc(Br)cc2c1OCOC2)c1cc2cc(Cl)ccc2o1. The molecule has 0 unspecified atom stereocenters. The third kappa shape index (κ3) is 3.38. The van der Waals surface area contributed by atoms with Gasteiger partial charge in [-0.05, 0) is 36.4 Å². The molecule has 2 heterocycles. The first-order valence-corrected chi connectivity index (χ1v) is 8.76. The summed E-state index contributed by atoms with van der Waals surface area (Å²) in [5.74, 6) is 0.699. The van der Waals surface area contributed by atoms with Crippen LogP contribution in [-0.2, 0) is 17.9 Å². The first-order valence-electron chi connectivity index (χ1n) is 7.59. The Kier molecular flexibility index (Phi) is 4.41. The highest BCUT2D eigenvalue weighted by Crippen LogP contribution is 2.32. The normalized spacial score (nSPS) is 13.4. The van der Waals surface area contributed by atoms with Crippen LogP contribution in [0.15, 0.2) is 45.3 Å². The summed E-state index contributed by atoms with van der Waals surface area (Å²) < 4.78 is 17.3. The maximum atomic E-state index is 12.4. The van der Waals surface area contributed by atoms with Crippen molar-refractivity contribution in [3.05, 3.63) is 62.8 Å². The molecule has 7 heteroatoms. The molecule has 0 fully saturated rings. The van der Waals surface area contributed by atoms with Gasteiger partial charge in [0.1, 0.15) is 11.3 Å². The van der Waals surface area contributed by atoms with Crippen molar-refractivity contribution >= 4 is 44.4 Å². The van der Waals surface area contributed by atoms with E-state index in [1.54, 1.807) is 24.3 Å². The molecule has 1 aromatic heterocycles. The Labute approximate surface area is 157 Å². The lowest BCUT2D eigenvalue weighted by atomic mass is 10.1. The second-order valence-corrected chi connectivity index (χ2v) is 6.99. The fourth-order valence-corrected chi connectivity index (χ4v) is 3.51. The van der Waals surface area contributed by atoms with Crippen molar-refractivity contribution in [2.75, 3.05) is 6.79 Å². The van der Waals surface area contributed by atoms with E-state index in [1.165, 1.54) is 0 Å². The zero-order valence-corrected chi connectivity index (χ0v) is 15.3. The first-order chi connectivity index (χ1) is 12.1. The highest BCUT2D eigenvalue weighted by molar-refractivity contribution is 9.10. The molecule has 0 aliphatic carbocycles. The van der Waals surface area contributed by atoms with E-state index < -0.39 is 0 Å². The highest BCUT2D eigenvalue weighted by atomic mass is 79.9. The molecule has 25 heavy (non-hydrogen) atoms. The van der Waals surface area contributed by atoms with Crippen molar-refractivity contribution in [3.8, 4) is 5.75 Å². The van der Waals surface area contributed by atoms with Gasteiger partial charge in [0.15, 0.2) is 12.6 Å². The summed E-state index contributed by atoms with van der Waals surface area (Å²) in [4.78, 5) is 12.4. The van der Waals surface area contributed by atoms with Gasteiger partial charge in [0.25, 0.3) is 5.91 Å². The van der Waals surface area contributed by atoms with E-state index in [-0.39, 0.29) is 18.5 Å². The second kappa shape index (κ2) is 6.71. The smallest absolute Gasteiger partial charge is 0.287 e. The molecule has 4 rings (SSSR count). The zero-order valence-electron chi connectivity index (χ0n) is 13.0. The minimum atomic E-state index is -0.298. The van der Waals surface area contributed by atoms with Gasteiger partial charge >= 0.3 is 0 Å².